The molecule has 0 bridgehead atoms. The van der Waals surface area contributed by atoms with E-state index >= 15 is 0 Å². The van der Waals surface area contributed by atoms with Gasteiger partial charge in [-0.1, -0.05) is 0 Å². The van der Waals surface area contributed by atoms with Crippen LogP contribution in [0.25, 0.3) is 0 Å². The molecule has 106 valence electrons. The molecule has 5 nitrogen and oxygen atoms in total. The lowest BCUT2D eigenvalue weighted by Gasteiger charge is -2.26. The van der Waals surface area contributed by atoms with Crippen molar-refractivity contribution >= 4 is 5.91 Å². The highest BCUT2D eigenvalue weighted by atomic mass is 16.5. The number of amides is 1. The van der Waals surface area contributed by atoms with Gasteiger partial charge in [0, 0.05) is 6.04 Å². The first-order valence-corrected chi connectivity index (χ1v) is 6.78. The summed E-state index contributed by atoms with van der Waals surface area (Å²) in [5.74, 6) is 0.411. The highest BCUT2D eigenvalue weighted by molar-refractivity contribution is 5.77. The van der Waals surface area contributed by atoms with Crippen molar-refractivity contribution < 1.29 is 14.6 Å². The average Bonchev–Trinajstić information content (AvgIpc) is 2.48. The maximum absolute atomic E-state index is 11.7. The van der Waals surface area contributed by atoms with Gasteiger partial charge in [0.2, 0.25) is 0 Å². The number of carbonyl (C=O) groups is 1. The van der Waals surface area contributed by atoms with Gasteiger partial charge in [-0.05, 0) is 49.9 Å². The molecule has 0 heterocycles. The molecule has 0 unspecified atom stereocenters. The quantitative estimate of drug-likeness (QED) is 0.868. The molecule has 1 aliphatic rings. The molecule has 1 amide bonds. The number of hydrogen-bond acceptors (Lipinski definition) is 4. The summed E-state index contributed by atoms with van der Waals surface area (Å²) in [6.45, 7) is -0.0368. The number of benzene rings is 1. The second kappa shape index (κ2) is 6.92. The number of aliphatic hydroxyl groups excluding tert-OH is 1. The summed E-state index contributed by atoms with van der Waals surface area (Å²) in [5, 5.41) is 21.0. The van der Waals surface area contributed by atoms with Gasteiger partial charge in [0.05, 0.1) is 17.7 Å². The zero-order valence-electron chi connectivity index (χ0n) is 11.2. The summed E-state index contributed by atoms with van der Waals surface area (Å²) in [5.41, 5.74) is 0.558. The van der Waals surface area contributed by atoms with E-state index in [4.69, 9.17) is 10.00 Å². The fourth-order valence-corrected chi connectivity index (χ4v) is 2.26. The SMILES string of the molecule is N#Cc1ccc(OCC(=O)NC2CCC(O)CC2)cc1. The van der Waals surface area contributed by atoms with E-state index in [0.29, 0.717) is 11.3 Å². The summed E-state index contributed by atoms with van der Waals surface area (Å²) in [7, 11) is 0. The molecule has 0 aliphatic heterocycles. The van der Waals surface area contributed by atoms with Crippen molar-refractivity contribution in [3.8, 4) is 11.8 Å². The Morgan fingerprint density at radius 3 is 2.55 bits per heavy atom. The number of hydrogen-bond donors (Lipinski definition) is 2. The van der Waals surface area contributed by atoms with Gasteiger partial charge in [0.25, 0.3) is 5.91 Å². The minimum absolute atomic E-state index is 0.0368. The third kappa shape index (κ3) is 4.25. The Labute approximate surface area is 118 Å². The first kappa shape index (κ1) is 14.4. The maximum Gasteiger partial charge on any atom is 0.258 e. The van der Waals surface area contributed by atoms with Crippen molar-refractivity contribution in [2.45, 2.75) is 37.8 Å². The number of rotatable bonds is 4. The van der Waals surface area contributed by atoms with Crippen molar-refractivity contribution in [2.24, 2.45) is 0 Å². The first-order valence-electron chi connectivity index (χ1n) is 6.78. The van der Waals surface area contributed by atoms with Gasteiger partial charge in [-0.15, -0.1) is 0 Å². The third-order valence-corrected chi connectivity index (χ3v) is 3.42. The van der Waals surface area contributed by atoms with Crippen molar-refractivity contribution in [1.82, 2.24) is 5.32 Å². The van der Waals surface area contributed by atoms with Gasteiger partial charge in [-0.2, -0.15) is 5.26 Å². The molecule has 0 aromatic heterocycles. The van der Waals surface area contributed by atoms with Crippen molar-refractivity contribution in [2.75, 3.05) is 6.61 Å². The number of nitrogens with one attached hydrogen (secondary N) is 1. The minimum Gasteiger partial charge on any atom is -0.484 e. The highest BCUT2D eigenvalue weighted by Gasteiger charge is 2.20. The van der Waals surface area contributed by atoms with Crippen LogP contribution in [0.4, 0.5) is 0 Å². The normalized spacial score (nSPS) is 21.8. The Morgan fingerprint density at radius 2 is 1.95 bits per heavy atom. The summed E-state index contributed by atoms with van der Waals surface area (Å²) in [6.07, 6.45) is 2.87. The Bertz CT molecular complexity index is 485. The van der Waals surface area contributed by atoms with Crippen LogP contribution < -0.4 is 10.1 Å². The Kier molecular flexibility index (Phi) is 4.97. The molecule has 1 aliphatic carbocycles. The van der Waals surface area contributed by atoms with Crippen molar-refractivity contribution in [1.29, 1.82) is 5.26 Å². The van der Waals surface area contributed by atoms with Gasteiger partial charge in [0.15, 0.2) is 6.61 Å². The van der Waals surface area contributed by atoms with Crippen molar-refractivity contribution in [3.05, 3.63) is 29.8 Å². The number of nitriles is 1. The Balaban J connectivity index is 1.73. The van der Waals surface area contributed by atoms with E-state index in [9.17, 15) is 9.90 Å². The molecule has 5 heteroatoms. The predicted octanol–water partition coefficient (Wildman–Crippen LogP) is 1.36. The van der Waals surface area contributed by atoms with Gasteiger partial charge < -0.3 is 15.2 Å². The lowest BCUT2D eigenvalue weighted by molar-refractivity contribution is -0.124. The molecule has 0 saturated heterocycles. The predicted molar refractivity (Wildman–Crippen MR) is 73.1 cm³/mol. The van der Waals surface area contributed by atoms with E-state index in [-0.39, 0.29) is 24.7 Å². The fourth-order valence-electron chi connectivity index (χ4n) is 2.26. The van der Waals surface area contributed by atoms with Gasteiger partial charge in [0.1, 0.15) is 5.75 Å². The third-order valence-electron chi connectivity index (χ3n) is 3.42. The van der Waals surface area contributed by atoms with Gasteiger partial charge in [-0.3, -0.25) is 4.79 Å². The van der Waals surface area contributed by atoms with Gasteiger partial charge in [-0.25, -0.2) is 0 Å². The molecule has 0 atom stereocenters. The van der Waals surface area contributed by atoms with Crippen LogP contribution in [0.2, 0.25) is 0 Å². The highest BCUT2D eigenvalue weighted by Crippen LogP contribution is 2.18. The first-order chi connectivity index (χ1) is 9.67. The van der Waals surface area contributed by atoms with Crippen LogP contribution in [0.5, 0.6) is 5.75 Å². The minimum atomic E-state index is -0.224. The van der Waals surface area contributed by atoms with Crippen molar-refractivity contribution in [3.63, 3.8) is 0 Å². The molecular weight excluding hydrogens is 256 g/mol. The summed E-state index contributed by atoms with van der Waals surface area (Å²) >= 11 is 0. The Hall–Kier alpha value is -2.06. The molecule has 1 saturated carbocycles. The largest absolute Gasteiger partial charge is 0.484 e. The van der Waals surface area contributed by atoms with Crippen LogP contribution in [-0.4, -0.2) is 29.8 Å². The second-order valence-electron chi connectivity index (χ2n) is 5.00. The number of nitrogens with zero attached hydrogens (tertiary/aromatic N) is 1. The zero-order chi connectivity index (χ0) is 14.4. The molecule has 20 heavy (non-hydrogen) atoms. The zero-order valence-corrected chi connectivity index (χ0v) is 11.2. The number of ether oxygens (including phenoxy) is 1. The average molecular weight is 274 g/mol. The lowest BCUT2D eigenvalue weighted by atomic mass is 9.93. The Morgan fingerprint density at radius 1 is 1.30 bits per heavy atom. The van der Waals surface area contributed by atoms with Crippen LogP contribution in [0.15, 0.2) is 24.3 Å². The van der Waals surface area contributed by atoms with E-state index in [2.05, 4.69) is 5.32 Å². The standard InChI is InChI=1S/C15H18N2O3/c16-9-11-1-7-14(8-2-11)20-10-15(19)17-12-3-5-13(18)6-4-12/h1-2,7-8,12-13,18H,3-6,10H2,(H,17,19). The smallest absolute Gasteiger partial charge is 0.258 e. The van der Waals surface area contributed by atoms with Crippen LogP contribution in [-0.2, 0) is 4.79 Å². The monoisotopic (exact) mass is 274 g/mol. The van der Waals surface area contributed by atoms with E-state index in [0.717, 1.165) is 25.7 Å². The molecular formula is C15H18N2O3. The molecule has 0 radical (unpaired) electrons. The summed E-state index contributed by atoms with van der Waals surface area (Å²) in [4.78, 5) is 11.7. The fraction of sp³-hybridized carbons (Fsp3) is 0.467. The molecule has 1 aromatic carbocycles. The molecule has 2 N–H and O–H groups in total. The molecule has 1 aromatic rings. The van der Waals surface area contributed by atoms with Crippen LogP contribution in [0.1, 0.15) is 31.2 Å². The maximum atomic E-state index is 11.7. The second-order valence-corrected chi connectivity index (χ2v) is 5.00. The molecule has 0 spiro atoms. The number of aliphatic hydroxyl groups is 1. The summed E-state index contributed by atoms with van der Waals surface area (Å²) < 4.78 is 5.36. The molecule has 2 rings (SSSR count). The lowest BCUT2D eigenvalue weighted by Crippen LogP contribution is -2.40. The van der Waals surface area contributed by atoms with Crippen LogP contribution in [0.3, 0.4) is 0 Å². The van der Waals surface area contributed by atoms with Gasteiger partial charge >= 0.3 is 0 Å². The number of carbonyl (C=O) groups excluding carboxylic acids is 1. The van der Waals surface area contributed by atoms with E-state index in [1.165, 1.54) is 0 Å². The molecule has 1 fully saturated rings. The van der Waals surface area contributed by atoms with E-state index in [1.807, 2.05) is 6.07 Å². The van der Waals surface area contributed by atoms with E-state index in [1.54, 1.807) is 24.3 Å². The summed E-state index contributed by atoms with van der Waals surface area (Å²) in [6, 6.07) is 8.79. The van der Waals surface area contributed by atoms with E-state index < -0.39 is 0 Å². The van der Waals surface area contributed by atoms with Crippen LogP contribution >= 0.6 is 0 Å². The topological polar surface area (TPSA) is 82.3 Å². The van der Waals surface area contributed by atoms with Crippen LogP contribution in [0, 0.1) is 11.3 Å².